The highest BCUT2D eigenvalue weighted by atomic mass is 79.9. The van der Waals surface area contributed by atoms with Crippen LogP contribution >= 0.6 is 15.9 Å². The fraction of sp³-hybridized carbons (Fsp3) is 0.455. The molecule has 1 aromatic carbocycles. The Balaban J connectivity index is 2.02. The second-order valence-electron chi connectivity index (χ2n) is 4.02. The van der Waals surface area contributed by atoms with Gasteiger partial charge in [-0.25, -0.2) is 4.39 Å². The number of hydrogen-bond acceptors (Lipinski definition) is 2. The predicted molar refractivity (Wildman–Crippen MR) is 63.6 cm³/mol. The van der Waals surface area contributed by atoms with Gasteiger partial charge < -0.3 is 10.2 Å². The standard InChI is InChI=1S/C11H14BrFN2/c1-15-5-4-9(7-15)14-8-2-3-10(12)11(13)6-8/h2-3,6,9,14H,4-5,7H2,1H3. The second kappa shape index (κ2) is 4.49. The summed E-state index contributed by atoms with van der Waals surface area (Å²) < 4.78 is 13.7. The highest BCUT2D eigenvalue weighted by Crippen LogP contribution is 2.21. The molecule has 1 aliphatic rings. The summed E-state index contributed by atoms with van der Waals surface area (Å²) in [5.74, 6) is -0.216. The van der Waals surface area contributed by atoms with Crippen molar-refractivity contribution in [2.45, 2.75) is 12.5 Å². The number of likely N-dealkylation sites (N-methyl/N-ethyl adjacent to an activating group) is 1. The summed E-state index contributed by atoms with van der Waals surface area (Å²) in [5.41, 5.74) is 0.857. The molecule has 1 aliphatic heterocycles. The van der Waals surface area contributed by atoms with Crippen molar-refractivity contribution in [3.05, 3.63) is 28.5 Å². The number of hydrogen-bond donors (Lipinski definition) is 1. The summed E-state index contributed by atoms with van der Waals surface area (Å²) in [5, 5.41) is 3.34. The third-order valence-corrected chi connectivity index (χ3v) is 3.32. The van der Waals surface area contributed by atoms with E-state index in [-0.39, 0.29) is 5.82 Å². The van der Waals surface area contributed by atoms with Crippen LogP contribution in [0.25, 0.3) is 0 Å². The van der Waals surface area contributed by atoms with Crippen LogP contribution in [-0.2, 0) is 0 Å². The average Bonchev–Trinajstić information content (AvgIpc) is 2.58. The van der Waals surface area contributed by atoms with Crippen LogP contribution < -0.4 is 5.32 Å². The van der Waals surface area contributed by atoms with Crippen LogP contribution in [0.5, 0.6) is 0 Å². The molecule has 1 N–H and O–H groups in total. The second-order valence-corrected chi connectivity index (χ2v) is 4.88. The van der Waals surface area contributed by atoms with Gasteiger partial charge in [0.2, 0.25) is 0 Å². The van der Waals surface area contributed by atoms with Crippen molar-refractivity contribution in [3.8, 4) is 0 Å². The fourth-order valence-electron chi connectivity index (χ4n) is 1.87. The van der Waals surface area contributed by atoms with Gasteiger partial charge in [0.05, 0.1) is 4.47 Å². The zero-order valence-corrected chi connectivity index (χ0v) is 10.2. The minimum Gasteiger partial charge on any atom is -0.381 e. The van der Waals surface area contributed by atoms with E-state index >= 15 is 0 Å². The maximum atomic E-state index is 13.2. The first kappa shape index (κ1) is 10.9. The van der Waals surface area contributed by atoms with E-state index in [4.69, 9.17) is 0 Å². The third-order valence-electron chi connectivity index (χ3n) is 2.68. The molecule has 2 nitrogen and oxygen atoms in total. The van der Waals surface area contributed by atoms with E-state index in [1.54, 1.807) is 6.07 Å². The molecule has 0 radical (unpaired) electrons. The molecule has 15 heavy (non-hydrogen) atoms. The first-order valence-corrected chi connectivity index (χ1v) is 5.84. The molecule has 0 bridgehead atoms. The quantitative estimate of drug-likeness (QED) is 0.891. The Morgan fingerprint density at radius 2 is 2.33 bits per heavy atom. The van der Waals surface area contributed by atoms with Crippen LogP contribution in [-0.4, -0.2) is 31.1 Å². The number of halogens is 2. The summed E-state index contributed by atoms with van der Waals surface area (Å²) in [7, 11) is 2.10. The molecule has 1 atom stereocenters. The first-order valence-electron chi connectivity index (χ1n) is 5.05. The van der Waals surface area contributed by atoms with Crippen molar-refractivity contribution >= 4 is 21.6 Å². The lowest BCUT2D eigenvalue weighted by molar-refractivity contribution is 0.414. The zero-order valence-electron chi connectivity index (χ0n) is 8.63. The van der Waals surface area contributed by atoms with E-state index in [1.807, 2.05) is 6.07 Å². The number of benzene rings is 1. The smallest absolute Gasteiger partial charge is 0.139 e. The molecular formula is C11H14BrFN2. The van der Waals surface area contributed by atoms with E-state index < -0.39 is 0 Å². The van der Waals surface area contributed by atoms with Crippen molar-refractivity contribution < 1.29 is 4.39 Å². The first-order chi connectivity index (χ1) is 7.15. The molecule has 1 aromatic rings. The van der Waals surface area contributed by atoms with E-state index in [9.17, 15) is 4.39 Å². The summed E-state index contributed by atoms with van der Waals surface area (Å²) in [6.07, 6.45) is 1.12. The Morgan fingerprint density at radius 3 is 2.93 bits per heavy atom. The number of likely N-dealkylation sites (tertiary alicyclic amines) is 1. The molecule has 0 aliphatic carbocycles. The van der Waals surface area contributed by atoms with Gasteiger partial charge >= 0.3 is 0 Å². The molecule has 1 heterocycles. The number of nitrogens with one attached hydrogen (secondary N) is 1. The molecule has 1 unspecified atom stereocenters. The van der Waals surface area contributed by atoms with Crippen molar-refractivity contribution in [3.63, 3.8) is 0 Å². The van der Waals surface area contributed by atoms with Gasteiger partial charge in [-0.05, 0) is 54.1 Å². The minimum atomic E-state index is -0.216. The Morgan fingerprint density at radius 1 is 1.53 bits per heavy atom. The van der Waals surface area contributed by atoms with Crippen LogP contribution in [0.4, 0.5) is 10.1 Å². The molecule has 1 fully saturated rings. The molecular weight excluding hydrogens is 259 g/mol. The van der Waals surface area contributed by atoms with Crippen molar-refractivity contribution in [2.24, 2.45) is 0 Å². The van der Waals surface area contributed by atoms with E-state index in [1.165, 1.54) is 6.07 Å². The summed E-state index contributed by atoms with van der Waals surface area (Å²) in [6, 6.07) is 5.60. The maximum Gasteiger partial charge on any atom is 0.139 e. The lowest BCUT2D eigenvalue weighted by Crippen LogP contribution is -2.23. The maximum absolute atomic E-state index is 13.2. The normalized spacial score (nSPS) is 21.9. The molecule has 0 spiro atoms. The van der Waals surface area contributed by atoms with Gasteiger partial charge in [-0.3, -0.25) is 0 Å². The number of nitrogens with zero attached hydrogens (tertiary/aromatic N) is 1. The van der Waals surface area contributed by atoms with Crippen LogP contribution in [0.1, 0.15) is 6.42 Å². The van der Waals surface area contributed by atoms with Crippen LogP contribution in [0.15, 0.2) is 22.7 Å². The van der Waals surface area contributed by atoms with Crippen molar-refractivity contribution in [2.75, 3.05) is 25.5 Å². The third kappa shape index (κ3) is 2.69. The Kier molecular flexibility index (Phi) is 3.26. The van der Waals surface area contributed by atoms with Gasteiger partial charge in [-0.15, -0.1) is 0 Å². The topological polar surface area (TPSA) is 15.3 Å². The van der Waals surface area contributed by atoms with E-state index in [0.29, 0.717) is 10.5 Å². The van der Waals surface area contributed by atoms with Gasteiger partial charge in [0.15, 0.2) is 0 Å². The molecule has 0 saturated carbocycles. The highest BCUT2D eigenvalue weighted by molar-refractivity contribution is 9.10. The predicted octanol–water partition coefficient (Wildman–Crippen LogP) is 2.70. The molecule has 0 aromatic heterocycles. The zero-order chi connectivity index (χ0) is 10.8. The van der Waals surface area contributed by atoms with Crippen LogP contribution in [0.3, 0.4) is 0 Å². The van der Waals surface area contributed by atoms with Gasteiger partial charge in [0.25, 0.3) is 0 Å². The summed E-state index contributed by atoms with van der Waals surface area (Å²) in [4.78, 5) is 2.27. The lowest BCUT2D eigenvalue weighted by Gasteiger charge is -2.14. The minimum absolute atomic E-state index is 0.216. The van der Waals surface area contributed by atoms with Gasteiger partial charge in [0, 0.05) is 18.3 Å². The van der Waals surface area contributed by atoms with Crippen molar-refractivity contribution in [1.82, 2.24) is 4.90 Å². The average molecular weight is 273 g/mol. The molecule has 0 amide bonds. The van der Waals surface area contributed by atoms with Gasteiger partial charge in [-0.2, -0.15) is 0 Å². The fourth-order valence-corrected chi connectivity index (χ4v) is 2.12. The van der Waals surface area contributed by atoms with E-state index in [0.717, 1.165) is 25.2 Å². The Hall–Kier alpha value is -0.610. The van der Waals surface area contributed by atoms with Gasteiger partial charge in [-0.1, -0.05) is 0 Å². The molecule has 2 rings (SSSR count). The SMILES string of the molecule is CN1CCC(Nc2ccc(Br)c(F)c2)C1. The van der Waals surface area contributed by atoms with E-state index in [2.05, 4.69) is 33.2 Å². The lowest BCUT2D eigenvalue weighted by atomic mass is 10.2. The summed E-state index contributed by atoms with van der Waals surface area (Å²) in [6.45, 7) is 2.13. The van der Waals surface area contributed by atoms with Crippen LogP contribution in [0.2, 0.25) is 0 Å². The summed E-state index contributed by atoms with van der Waals surface area (Å²) >= 11 is 3.14. The Bertz CT molecular complexity index is 356. The highest BCUT2D eigenvalue weighted by Gasteiger charge is 2.18. The molecule has 82 valence electrons. The number of anilines is 1. The monoisotopic (exact) mass is 272 g/mol. The molecule has 4 heteroatoms. The number of rotatable bonds is 2. The Labute approximate surface area is 97.6 Å². The van der Waals surface area contributed by atoms with Crippen LogP contribution in [0, 0.1) is 5.82 Å². The molecule has 1 saturated heterocycles. The van der Waals surface area contributed by atoms with Crippen molar-refractivity contribution in [1.29, 1.82) is 0 Å². The van der Waals surface area contributed by atoms with Gasteiger partial charge in [0.1, 0.15) is 5.82 Å². The largest absolute Gasteiger partial charge is 0.381 e.